The molecule has 0 aliphatic rings. The Bertz CT molecular complexity index is 1050. The number of nitrogens with one attached hydrogen (secondary N) is 1. The molecular formula is C24H28N2O5. The summed E-state index contributed by atoms with van der Waals surface area (Å²) in [6, 6.07) is 10.7. The summed E-state index contributed by atoms with van der Waals surface area (Å²) in [5.41, 5.74) is 4.05. The van der Waals surface area contributed by atoms with Crippen LogP contribution in [-0.4, -0.2) is 25.3 Å². The topological polar surface area (TPSA) is 82.8 Å². The van der Waals surface area contributed by atoms with Crippen molar-refractivity contribution in [1.29, 1.82) is 0 Å². The third-order valence-electron chi connectivity index (χ3n) is 5.27. The molecule has 0 aliphatic heterocycles. The molecule has 0 saturated heterocycles. The van der Waals surface area contributed by atoms with E-state index in [4.69, 9.17) is 18.7 Å². The number of aryl methyl sites for hydroxylation is 3. The number of para-hydroxylation sites is 1. The van der Waals surface area contributed by atoms with Crippen LogP contribution in [0.3, 0.4) is 0 Å². The summed E-state index contributed by atoms with van der Waals surface area (Å²) >= 11 is 0. The smallest absolute Gasteiger partial charge is 0.255 e. The molecule has 1 atom stereocenters. The van der Waals surface area contributed by atoms with Gasteiger partial charge in [0, 0.05) is 0 Å². The van der Waals surface area contributed by atoms with E-state index in [1.165, 1.54) is 0 Å². The van der Waals surface area contributed by atoms with Crippen LogP contribution in [-0.2, 0) is 6.61 Å². The molecule has 1 heterocycles. The van der Waals surface area contributed by atoms with Crippen LogP contribution in [0.25, 0.3) is 0 Å². The Morgan fingerprint density at radius 1 is 1.06 bits per heavy atom. The minimum Gasteiger partial charge on any atom is -0.493 e. The maximum Gasteiger partial charge on any atom is 0.255 e. The van der Waals surface area contributed by atoms with Gasteiger partial charge in [-0.05, 0) is 63.1 Å². The number of hydrogen-bond acceptors (Lipinski definition) is 6. The van der Waals surface area contributed by atoms with Crippen molar-refractivity contribution in [3.63, 3.8) is 0 Å². The minimum atomic E-state index is -0.247. The summed E-state index contributed by atoms with van der Waals surface area (Å²) in [6.45, 7) is 7.88. The fourth-order valence-corrected chi connectivity index (χ4v) is 3.45. The summed E-state index contributed by atoms with van der Waals surface area (Å²) in [6.07, 6.45) is 0. The predicted molar refractivity (Wildman–Crippen MR) is 117 cm³/mol. The van der Waals surface area contributed by atoms with Crippen molar-refractivity contribution in [1.82, 2.24) is 10.5 Å². The third kappa shape index (κ3) is 4.82. The molecule has 1 amide bonds. The average molecular weight is 424 g/mol. The summed E-state index contributed by atoms with van der Waals surface area (Å²) < 4.78 is 21.9. The van der Waals surface area contributed by atoms with Crippen LogP contribution in [0.4, 0.5) is 0 Å². The Balaban J connectivity index is 1.78. The van der Waals surface area contributed by atoms with Gasteiger partial charge in [0.25, 0.3) is 5.91 Å². The number of aromatic nitrogens is 1. The van der Waals surface area contributed by atoms with Crippen molar-refractivity contribution in [2.24, 2.45) is 0 Å². The first-order chi connectivity index (χ1) is 14.8. The molecule has 7 heteroatoms. The first-order valence-corrected chi connectivity index (χ1v) is 10.0. The minimum absolute atomic E-state index is 0.226. The van der Waals surface area contributed by atoms with Gasteiger partial charge < -0.3 is 24.1 Å². The molecule has 2 aromatic carbocycles. The number of carbonyl (C=O) groups excluding carboxylic acids is 1. The molecule has 0 bridgehead atoms. The van der Waals surface area contributed by atoms with Gasteiger partial charge in [-0.15, -0.1) is 0 Å². The van der Waals surface area contributed by atoms with Gasteiger partial charge in [0.2, 0.25) is 0 Å². The van der Waals surface area contributed by atoms with Crippen molar-refractivity contribution in [3.05, 3.63) is 70.1 Å². The average Bonchev–Trinajstić information content (AvgIpc) is 3.09. The van der Waals surface area contributed by atoms with E-state index in [1.54, 1.807) is 26.4 Å². The number of amides is 1. The van der Waals surface area contributed by atoms with Crippen LogP contribution < -0.4 is 19.5 Å². The molecule has 0 aliphatic carbocycles. The van der Waals surface area contributed by atoms with E-state index in [1.807, 2.05) is 52.0 Å². The highest BCUT2D eigenvalue weighted by Gasteiger charge is 2.19. The largest absolute Gasteiger partial charge is 0.493 e. The van der Waals surface area contributed by atoms with Gasteiger partial charge in [-0.1, -0.05) is 17.3 Å². The number of hydrogen-bond donors (Lipinski definition) is 1. The van der Waals surface area contributed by atoms with Crippen molar-refractivity contribution >= 4 is 5.91 Å². The maximum atomic E-state index is 13.1. The second kappa shape index (κ2) is 9.55. The molecule has 0 fully saturated rings. The Morgan fingerprint density at radius 2 is 1.74 bits per heavy atom. The predicted octanol–water partition coefficient (Wildman–Crippen LogP) is 4.69. The highest BCUT2D eigenvalue weighted by atomic mass is 16.5. The normalized spacial score (nSPS) is 11.7. The Labute approximate surface area is 182 Å². The summed E-state index contributed by atoms with van der Waals surface area (Å²) in [5.74, 6) is 2.25. The fraction of sp³-hybridized carbons (Fsp3) is 0.333. The molecule has 0 radical (unpaired) electrons. The monoisotopic (exact) mass is 424 g/mol. The summed E-state index contributed by atoms with van der Waals surface area (Å²) in [7, 11) is 3.19. The van der Waals surface area contributed by atoms with Crippen molar-refractivity contribution < 1.29 is 23.5 Å². The van der Waals surface area contributed by atoms with Crippen molar-refractivity contribution in [2.45, 2.75) is 40.3 Å². The number of methoxy groups -OCH3 is 2. The molecule has 0 saturated carbocycles. The zero-order chi connectivity index (χ0) is 22.5. The van der Waals surface area contributed by atoms with E-state index in [-0.39, 0.29) is 18.6 Å². The molecule has 1 N–H and O–H groups in total. The van der Waals surface area contributed by atoms with Gasteiger partial charge in [0.1, 0.15) is 18.1 Å². The van der Waals surface area contributed by atoms with Gasteiger partial charge in [-0.2, -0.15) is 0 Å². The quantitative estimate of drug-likeness (QED) is 0.565. The molecule has 31 heavy (non-hydrogen) atoms. The molecule has 1 unspecified atom stereocenters. The fourth-order valence-electron chi connectivity index (χ4n) is 3.45. The van der Waals surface area contributed by atoms with E-state index in [9.17, 15) is 4.79 Å². The third-order valence-corrected chi connectivity index (χ3v) is 5.27. The molecule has 3 aromatic rings. The molecular weight excluding hydrogens is 396 g/mol. The Hall–Kier alpha value is -3.48. The summed E-state index contributed by atoms with van der Waals surface area (Å²) in [4.78, 5) is 13.1. The maximum absolute atomic E-state index is 13.1. The molecule has 1 aromatic heterocycles. The van der Waals surface area contributed by atoms with Crippen molar-refractivity contribution in [3.8, 4) is 17.2 Å². The van der Waals surface area contributed by atoms with E-state index in [0.29, 0.717) is 28.6 Å². The van der Waals surface area contributed by atoms with Gasteiger partial charge >= 0.3 is 0 Å². The van der Waals surface area contributed by atoms with E-state index >= 15 is 0 Å². The standard InChI is InChI=1S/C24H28N2O5/c1-14-11-22(28-5)23(29-6)12-19(14)15(2)25-24(27)18-9-7-8-10-21(18)30-13-20-16(3)26-31-17(20)4/h7-12,15H,13H2,1-6H3,(H,25,27). The van der Waals surface area contributed by atoms with Gasteiger partial charge in [-0.3, -0.25) is 4.79 Å². The lowest BCUT2D eigenvalue weighted by atomic mass is 10.0. The number of benzene rings is 2. The number of carbonyl (C=O) groups is 1. The van der Waals surface area contributed by atoms with E-state index in [0.717, 1.165) is 22.4 Å². The second-order valence-electron chi connectivity index (χ2n) is 7.35. The van der Waals surface area contributed by atoms with Gasteiger partial charge in [0.05, 0.1) is 37.1 Å². The van der Waals surface area contributed by atoms with Crippen molar-refractivity contribution in [2.75, 3.05) is 14.2 Å². The van der Waals surface area contributed by atoms with Crippen LogP contribution in [0.5, 0.6) is 17.2 Å². The highest BCUT2D eigenvalue weighted by molar-refractivity contribution is 5.97. The highest BCUT2D eigenvalue weighted by Crippen LogP contribution is 2.33. The first kappa shape index (κ1) is 22.2. The zero-order valence-corrected chi connectivity index (χ0v) is 18.7. The lowest BCUT2D eigenvalue weighted by Crippen LogP contribution is -2.27. The van der Waals surface area contributed by atoms with Crippen LogP contribution in [0.1, 0.15) is 51.5 Å². The van der Waals surface area contributed by atoms with Crippen LogP contribution in [0.15, 0.2) is 40.9 Å². The van der Waals surface area contributed by atoms with Crippen LogP contribution in [0.2, 0.25) is 0 Å². The first-order valence-electron chi connectivity index (χ1n) is 10.0. The Kier molecular flexibility index (Phi) is 6.84. The van der Waals surface area contributed by atoms with Crippen LogP contribution >= 0.6 is 0 Å². The lowest BCUT2D eigenvalue weighted by molar-refractivity contribution is 0.0935. The molecule has 7 nitrogen and oxygen atoms in total. The van der Waals surface area contributed by atoms with Gasteiger partial charge in [-0.25, -0.2) is 0 Å². The van der Waals surface area contributed by atoms with E-state index in [2.05, 4.69) is 10.5 Å². The van der Waals surface area contributed by atoms with E-state index < -0.39 is 0 Å². The molecule has 164 valence electrons. The molecule has 3 rings (SSSR count). The lowest BCUT2D eigenvalue weighted by Gasteiger charge is -2.20. The number of rotatable bonds is 8. The van der Waals surface area contributed by atoms with Gasteiger partial charge in [0.15, 0.2) is 11.5 Å². The number of nitrogens with zero attached hydrogens (tertiary/aromatic N) is 1. The molecule has 0 spiro atoms. The summed E-state index contributed by atoms with van der Waals surface area (Å²) in [5, 5.41) is 6.99. The Morgan fingerprint density at radius 3 is 2.39 bits per heavy atom. The SMILES string of the molecule is COc1cc(C)c(C(C)NC(=O)c2ccccc2OCc2c(C)noc2C)cc1OC. The number of ether oxygens (including phenoxy) is 3. The second-order valence-corrected chi connectivity index (χ2v) is 7.35. The van der Waals surface area contributed by atoms with Crippen LogP contribution in [0, 0.1) is 20.8 Å². The zero-order valence-electron chi connectivity index (χ0n) is 18.7.